The van der Waals surface area contributed by atoms with Gasteiger partial charge in [0, 0.05) is 39.3 Å². The Bertz CT molecular complexity index is 547. The van der Waals surface area contributed by atoms with E-state index in [-0.39, 0.29) is 12.1 Å². The van der Waals surface area contributed by atoms with Gasteiger partial charge in [0.25, 0.3) is 0 Å². The predicted octanol–water partition coefficient (Wildman–Crippen LogP) is 1.47. The van der Waals surface area contributed by atoms with Gasteiger partial charge < -0.3 is 41.6 Å². The number of urea groups is 2. The first-order valence-corrected chi connectivity index (χ1v) is 12.8. The van der Waals surface area contributed by atoms with Gasteiger partial charge in [0.2, 0.25) is 0 Å². The molecule has 6 amide bonds. The Balaban J connectivity index is 3.31. The van der Waals surface area contributed by atoms with Crippen LogP contribution in [-0.2, 0) is 9.68 Å². The molecule has 0 aromatic carbocycles. The molecule has 10 N–H and O–H groups in total. The number of hydrogen-bond acceptors (Lipinski definition) is 8. The van der Waals surface area contributed by atoms with Crippen molar-refractivity contribution < 1.29 is 28.9 Å². The van der Waals surface area contributed by atoms with Crippen molar-refractivity contribution in [3.8, 4) is 0 Å². The Hall–Kier alpha value is -3.00. The van der Waals surface area contributed by atoms with Gasteiger partial charge in [-0.15, -0.1) is 0 Å². The molecule has 0 fully saturated rings. The first kappa shape index (κ1) is 33.0. The summed E-state index contributed by atoms with van der Waals surface area (Å²) in [7, 11) is 0. The average molecular weight is 519 g/mol. The van der Waals surface area contributed by atoms with E-state index >= 15 is 0 Å². The van der Waals surface area contributed by atoms with E-state index in [4.69, 9.17) is 11.8 Å². The molecule has 0 heterocycles. The number of hydrogen-bond donors (Lipinski definition) is 8. The van der Waals surface area contributed by atoms with Crippen molar-refractivity contribution in [3.63, 3.8) is 0 Å². The molecular weight excluding hydrogens is 472 g/mol. The molecule has 0 radical (unpaired) electrons. The third-order valence-corrected chi connectivity index (χ3v) is 5.21. The van der Waals surface area contributed by atoms with Crippen molar-refractivity contribution in [2.75, 3.05) is 39.3 Å². The van der Waals surface area contributed by atoms with Crippen LogP contribution in [0.4, 0.5) is 19.2 Å². The maximum Gasteiger partial charge on any atom is 0.425 e. The maximum atomic E-state index is 11.7. The summed E-state index contributed by atoms with van der Waals surface area (Å²) in [4.78, 5) is 53.0. The van der Waals surface area contributed by atoms with E-state index in [1.54, 1.807) is 0 Å². The van der Waals surface area contributed by atoms with E-state index < -0.39 is 12.2 Å². The summed E-state index contributed by atoms with van der Waals surface area (Å²) in [6.45, 7) is 3.51. The van der Waals surface area contributed by atoms with Crippen molar-refractivity contribution in [3.05, 3.63) is 0 Å². The number of nitrogens with two attached hydrogens (primary N) is 2. The Morgan fingerprint density at radius 3 is 0.833 bits per heavy atom. The van der Waals surface area contributed by atoms with Crippen LogP contribution in [0.15, 0.2) is 0 Å². The van der Waals surface area contributed by atoms with Crippen molar-refractivity contribution in [2.45, 2.75) is 77.0 Å². The highest BCUT2D eigenvalue weighted by Crippen LogP contribution is 2.00. The van der Waals surface area contributed by atoms with Crippen LogP contribution < -0.4 is 43.7 Å². The first-order valence-electron chi connectivity index (χ1n) is 12.8. The van der Waals surface area contributed by atoms with Crippen LogP contribution in [0, 0.1) is 0 Å². The summed E-state index contributed by atoms with van der Waals surface area (Å²) in [5.74, 6) is 9.43. The zero-order valence-electron chi connectivity index (χ0n) is 21.3. The molecule has 36 heavy (non-hydrogen) atoms. The zero-order chi connectivity index (χ0) is 26.7. The Morgan fingerprint density at radius 1 is 0.389 bits per heavy atom. The number of carbonyl (C=O) groups excluding carboxylic acids is 4. The molecule has 0 saturated carbocycles. The quantitative estimate of drug-likeness (QED) is 0.0821. The van der Waals surface area contributed by atoms with Crippen molar-refractivity contribution >= 4 is 24.2 Å². The fourth-order valence-corrected chi connectivity index (χ4v) is 3.21. The normalized spacial score (nSPS) is 10.2. The van der Waals surface area contributed by atoms with Gasteiger partial charge in [-0.25, -0.2) is 19.2 Å². The van der Waals surface area contributed by atoms with E-state index in [9.17, 15) is 19.2 Å². The van der Waals surface area contributed by atoms with Gasteiger partial charge in [-0.05, 0) is 38.5 Å². The summed E-state index contributed by atoms with van der Waals surface area (Å²) in [6.07, 6.45) is 9.70. The van der Waals surface area contributed by atoms with Gasteiger partial charge in [-0.1, -0.05) is 38.5 Å². The average Bonchev–Trinajstić information content (AvgIpc) is 2.88. The molecule has 0 bridgehead atoms. The molecule has 210 valence electrons. The number of rotatable bonds is 21. The topological polar surface area (TPSA) is 211 Å². The standard InChI is InChI=1S/C22H46N8O6/c23-35-21(33)29-17-11-5-3-9-15-27-19(31)25-13-7-1-2-8-14-26-20(32)28-16-10-4-6-12-18-30-22(34)36-24/h1-18,23-24H2,(H,29,33)(H,30,34)(H2,25,27,31)(H2,26,28,32). The fourth-order valence-electron chi connectivity index (χ4n) is 3.21. The molecule has 0 aliphatic rings. The zero-order valence-corrected chi connectivity index (χ0v) is 21.3. The highest BCUT2D eigenvalue weighted by molar-refractivity contribution is 5.74. The lowest BCUT2D eigenvalue weighted by Gasteiger charge is -2.09. The van der Waals surface area contributed by atoms with Crippen LogP contribution in [0.5, 0.6) is 0 Å². The third kappa shape index (κ3) is 24.1. The first-order chi connectivity index (χ1) is 17.5. The third-order valence-electron chi connectivity index (χ3n) is 5.21. The van der Waals surface area contributed by atoms with Crippen molar-refractivity contribution in [1.82, 2.24) is 31.9 Å². The smallest absolute Gasteiger partial charge is 0.357 e. The Kier molecular flexibility index (Phi) is 23.0. The highest BCUT2D eigenvalue weighted by atomic mass is 16.7. The molecule has 0 unspecified atom stereocenters. The molecule has 0 aromatic rings. The number of amides is 6. The molecular formula is C22H46N8O6. The number of unbranched alkanes of at least 4 members (excludes halogenated alkanes) is 9. The lowest BCUT2D eigenvalue weighted by atomic mass is 10.2. The molecule has 14 nitrogen and oxygen atoms in total. The molecule has 0 aliphatic carbocycles. The Labute approximate surface area is 213 Å². The van der Waals surface area contributed by atoms with E-state index in [1.165, 1.54) is 0 Å². The maximum absolute atomic E-state index is 11.7. The van der Waals surface area contributed by atoms with Crippen LogP contribution in [-0.4, -0.2) is 63.5 Å². The SMILES string of the molecule is NOC(=O)NCCCCCCNC(=O)NCCCCCCNC(=O)NCCCCCCNC(=O)ON. The van der Waals surface area contributed by atoms with Crippen LogP contribution in [0.25, 0.3) is 0 Å². The summed E-state index contributed by atoms with van der Waals surface area (Å²) in [5.41, 5.74) is 0. The van der Waals surface area contributed by atoms with Crippen LogP contribution >= 0.6 is 0 Å². The van der Waals surface area contributed by atoms with Crippen LogP contribution in [0.1, 0.15) is 77.0 Å². The summed E-state index contributed by atoms with van der Waals surface area (Å²) < 4.78 is 0. The molecule has 0 aliphatic heterocycles. The van der Waals surface area contributed by atoms with Gasteiger partial charge >= 0.3 is 24.2 Å². The van der Waals surface area contributed by atoms with Crippen molar-refractivity contribution in [1.29, 1.82) is 0 Å². The number of carbonyl (C=O) groups is 4. The number of nitrogens with one attached hydrogen (secondary N) is 6. The van der Waals surface area contributed by atoms with Gasteiger partial charge in [0.1, 0.15) is 0 Å². The lowest BCUT2D eigenvalue weighted by Crippen LogP contribution is -2.36. The minimum absolute atomic E-state index is 0.159. The minimum Gasteiger partial charge on any atom is -0.357 e. The second-order valence-corrected chi connectivity index (χ2v) is 8.27. The van der Waals surface area contributed by atoms with Crippen molar-refractivity contribution in [2.24, 2.45) is 11.8 Å². The molecule has 0 atom stereocenters. The second kappa shape index (κ2) is 25.1. The van der Waals surface area contributed by atoms with E-state index in [0.717, 1.165) is 77.0 Å². The Morgan fingerprint density at radius 2 is 0.611 bits per heavy atom. The monoisotopic (exact) mass is 518 g/mol. The van der Waals surface area contributed by atoms with Crippen LogP contribution in [0.3, 0.4) is 0 Å². The predicted molar refractivity (Wildman–Crippen MR) is 136 cm³/mol. The second-order valence-electron chi connectivity index (χ2n) is 8.27. The van der Waals surface area contributed by atoms with E-state index in [0.29, 0.717) is 39.3 Å². The summed E-state index contributed by atoms with van der Waals surface area (Å²) in [6, 6.07) is -0.317. The molecule has 0 saturated heterocycles. The largest absolute Gasteiger partial charge is 0.425 e. The fraction of sp³-hybridized carbons (Fsp3) is 0.818. The molecule has 0 spiro atoms. The van der Waals surface area contributed by atoms with Gasteiger partial charge in [0.05, 0.1) is 0 Å². The van der Waals surface area contributed by atoms with Gasteiger partial charge in [-0.3, -0.25) is 0 Å². The van der Waals surface area contributed by atoms with E-state index in [2.05, 4.69) is 41.6 Å². The summed E-state index contributed by atoms with van der Waals surface area (Å²) in [5, 5.41) is 16.4. The molecule has 0 rings (SSSR count). The highest BCUT2D eigenvalue weighted by Gasteiger charge is 2.02. The molecule has 0 aromatic heterocycles. The van der Waals surface area contributed by atoms with Gasteiger partial charge in [-0.2, -0.15) is 11.8 Å². The summed E-state index contributed by atoms with van der Waals surface area (Å²) >= 11 is 0. The van der Waals surface area contributed by atoms with Gasteiger partial charge in [0.15, 0.2) is 0 Å². The lowest BCUT2D eigenvalue weighted by molar-refractivity contribution is 0.147. The minimum atomic E-state index is -0.631. The molecule has 14 heteroatoms. The van der Waals surface area contributed by atoms with E-state index in [1.807, 2.05) is 0 Å². The van der Waals surface area contributed by atoms with Crippen LogP contribution in [0.2, 0.25) is 0 Å².